The van der Waals surface area contributed by atoms with Gasteiger partial charge >= 0.3 is 0 Å². The van der Waals surface area contributed by atoms with Gasteiger partial charge in [0.2, 0.25) is 0 Å². The van der Waals surface area contributed by atoms with Crippen molar-refractivity contribution in [1.29, 1.82) is 0 Å². The second-order valence-corrected chi connectivity index (χ2v) is 6.59. The van der Waals surface area contributed by atoms with Crippen LogP contribution in [0.2, 0.25) is 0 Å². The minimum absolute atomic E-state index is 0.782. The Bertz CT molecular complexity index is 953. The standard InChI is InChI=1S/C18H17N3OS/c1-10-6-11(2)19-13(10)8-16-17(22-3)9-15(20-16)14-7-12-4-5-23-18(12)21-14/h4-9,19,21H,1-3H3. The van der Waals surface area contributed by atoms with E-state index < -0.39 is 0 Å². The maximum atomic E-state index is 5.50. The fraction of sp³-hybridized carbons (Fsp3) is 0.167. The molecule has 0 aliphatic carbocycles. The van der Waals surface area contributed by atoms with Crippen molar-refractivity contribution in [2.75, 3.05) is 7.11 Å². The van der Waals surface area contributed by atoms with Crippen LogP contribution in [-0.2, 0) is 4.74 Å². The summed E-state index contributed by atoms with van der Waals surface area (Å²) in [7, 11) is 1.68. The Morgan fingerprint density at radius 2 is 2.09 bits per heavy atom. The van der Waals surface area contributed by atoms with E-state index in [0.717, 1.165) is 34.2 Å². The molecule has 2 N–H and O–H groups in total. The van der Waals surface area contributed by atoms with Gasteiger partial charge in [-0.2, -0.15) is 0 Å². The molecule has 0 radical (unpaired) electrons. The van der Waals surface area contributed by atoms with Crippen molar-refractivity contribution in [3.8, 4) is 0 Å². The van der Waals surface area contributed by atoms with Crippen molar-refractivity contribution >= 4 is 33.3 Å². The van der Waals surface area contributed by atoms with E-state index in [4.69, 9.17) is 9.73 Å². The Hall–Kier alpha value is -2.53. The molecule has 116 valence electrons. The van der Waals surface area contributed by atoms with E-state index in [1.54, 1.807) is 18.4 Å². The molecule has 0 saturated heterocycles. The van der Waals surface area contributed by atoms with Crippen LogP contribution in [0.3, 0.4) is 0 Å². The molecule has 0 fully saturated rings. The number of aliphatic imine (C=N–C) groups is 1. The van der Waals surface area contributed by atoms with E-state index in [-0.39, 0.29) is 0 Å². The third-order valence-electron chi connectivity index (χ3n) is 3.97. The molecule has 3 aromatic rings. The van der Waals surface area contributed by atoms with Crippen molar-refractivity contribution in [2.24, 2.45) is 4.99 Å². The highest BCUT2D eigenvalue weighted by atomic mass is 32.1. The third kappa shape index (κ3) is 2.43. The lowest BCUT2D eigenvalue weighted by molar-refractivity contribution is 0.303. The van der Waals surface area contributed by atoms with Crippen LogP contribution >= 0.6 is 11.3 Å². The maximum absolute atomic E-state index is 5.50. The molecule has 3 aromatic heterocycles. The molecule has 0 aromatic carbocycles. The van der Waals surface area contributed by atoms with Crippen molar-refractivity contribution in [3.05, 3.63) is 63.8 Å². The van der Waals surface area contributed by atoms with Crippen LogP contribution in [0.4, 0.5) is 0 Å². The summed E-state index contributed by atoms with van der Waals surface area (Å²) in [6.45, 7) is 4.14. The molecule has 0 bridgehead atoms. The Balaban J connectivity index is 1.76. The second-order valence-electron chi connectivity index (χ2n) is 5.68. The lowest BCUT2D eigenvalue weighted by Gasteiger charge is -2.01. The highest BCUT2D eigenvalue weighted by Crippen LogP contribution is 2.28. The number of fused-ring (bicyclic) bond motifs is 1. The first-order chi connectivity index (χ1) is 11.1. The first-order valence-corrected chi connectivity index (χ1v) is 8.31. The summed E-state index contributed by atoms with van der Waals surface area (Å²) in [4.78, 5) is 12.7. The molecule has 0 saturated carbocycles. The van der Waals surface area contributed by atoms with Gasteiger partial charge in [-0.1, -0.05) is 0 Å². The minimum atomic E-state index is 0.782. The predicted octanol–water partition coefficient (Wildman–Crippen LogP) is 4.55. The number of aromatic amines is 2. The summed E-state index contributed by atoms with van der Waals surface area (Å²) in [5.74, 6) is 0.782. The smallest absolute Gasteiger partial charge is 0.146 e. The highest BCUT2D eigenvalue weighted by molar-refractivity contribution is 7.16. The van der Waals surface area contributed by atoms with E-state index in [2.05, 4.69) is 47.4 Å². The zero-order valence-electron chi connectivity index (χ0n) is 13.2. The topological polar surface area (TPSA) is 53.2 Å². The average molecular weight is 323 g/mol. The molecule has 0 amide bonds. The number of aromatic nitrogens is 2. The van der Waals surface area contributed by atoms with Gasteiger partial charge < -0.3 is 14.7 Å². The third-order valence-corrected chi connectivity index (χ3v) is 4.82. The second kappa shape index (κ2) is 5.28. The Morgan fingerprint density at radius 3 is 2.78 bits per heavy atom. The largest absolute Gasteiger partial charge is 0.494 e. The first kappa shape index (κ1) is 14.1. The number of ether oxygens (including phenoxy) is 1. The van der Waals surface area contributed by atoms with Crippen molar-refractivity contribution in [3.63, 3.8) is 0 Å². The summed E-state index contributed by atoms with van der Waals surface area (Å²) in [5.41, 5.74) is 6.17. The minimum Gasteiger partial charge on any atom is -0.494 e. The SMILES string of the molecule is COC1=CC(c2cc3ccsc3[nH]2)=NC1=Cc1[nH]c(C)cc1C. The van der Waals surface area contributed by atoms with Crippen LogP contribution in [0.5, 0.6) is 0 Å². The van der Waals surface area contributed by atoms with E-state index in [1.807, 2.05) is 12.2 Å². The lowest BCUT2D eigenvalue weighted by atomic mass is 10.2. The van der Waals surface area contributed by atoms with Gasteiger partial charge in [-0.05, 0) is 49.1 Å². The first-order valence-electron chi connectivity index (χ1n) is 7.43. The van der Waals surface area contributed by atoms with Crippen LogP contribution in [0.15, 0.2) is 46.1 Å². The van der Waals surface area contributed by atoms with Crippen molar-refractivity contribution in [2.45, 2.75) is 13.8 Å². The number of hydrogen-bond donors (Lipinski definition) is 2. The number of nitrogens with one attached hydrogen (secondary N) is 2. The lowest BCUT2D eigenvalue weighted by Crippen LogP contribution is -1.93. The van der Waals surface area contributed by atoms with Gasteiger partial charge in [0, 0.05) is 22.9 Å². The zero-order valence-corrected chi connectivity index (χ0v) is 14.0. The Morgan fingerprint density at radius 1 is 1.22 bits per heavy atom. The number of hydrogen-bond acceptors (Lipinski definition) is 3. The monoisotopic (exact) mass is 323 g/mol. The van der Waals surface area contributed by atoms with Crippen LogP contribution in [0.1, 0.15) is 22.6 Å². The van der Waals surface area contributed by atoms with Gasteiger partial charge in [0.1, 0.15) is 16.3 Å². The van der Waals surface area contributed by atoms with Crippen LogP contribution < -0.4 is 0 Å². The Labute approximate surface area is 138 Å². The average Bonchev–Trinajstić information content (AvgIpc) is 3.23. The number of allylic oxidation sites excluding steroid dienone is 1. The van der Waals surface area contributed by atoms with Crippen LogP contribution in [0, 0.1) is 13.8 Å². The molecule has 0 unspecified atom stereocenters. The molecule has 4 heterocycles. The molecular weight excluding hydrogens is 306 g/mol. The predicted molar refractivity (Wildman–Crippen MR) is 96.0 cm³/mol. The molecule has 23 heavy (non-hydrogen) atoms. The number of nitrogens with zero attached hydrogens (tertiary/aromatic N) is 1. The molecule has 4 nitrogen and oxygen atoms in total. The van der Waals surface area contributed by atoms with Crippen molar-refractivity contribution in [1.82, 2.24) is 9.97 Å². The van der Waals surface area contributed by atoms with Crippen LogP contribution in [0.25, 0.3) is 16.3 Å². The number of H-pyrrole nitrogens is 2. The van der Waals surface area contributed by atoms with Crippen molar-refractivity contribution < 1.29 is 4.74 Å². The molecule has 5 heteroatoms. The number of thiophene rings is 1. The molecule has 4 rings (SSSR count). The summed E-state index contributed by atoms with van der Waals surface area (Å²) in [6.07, 6.45) is 4.02. The summed E-state index contributed by atoms with van der Waals surface area (Å²) in [5, 5.41) is 3.30. The van der Waals surface area contributed by atoms with Gasteiger partial charge in [0.25, 0.3) is 0 Å². The molecule has 0 spiro atoms. The van der Waals surface area contributed by atoms with Gasteiger partial charge in [0.05, 0.1) is 18.5 Å². The number of aryl methyl sites for hydroxylation is 2. The maximum Gasteiger partial charge on any atom is 0.146 e. The summed E-state index contributed by atoms with van der Waals surface area (Å²) in [6, 6.07) is 6.36. The highest BCUT2D eigenvalue weighted by Gasteiger charge is 2.18. The Kier molecular flexibility index (Phi) is 3.23. The van der Waals surface area contributed by atoms with E-state index in [1.165, 1.54) is 15.8 Å². The molecule has 1 aliphatic heterocycles. The fourth-order valence-corrected chi connectivity index (χ4v) is 3.63. The zero-order chi connectivity index (χ0) is 16.0. The fourth-order valence-electron chi connectivity index (χ4n) is 2.84. The van der Waals surface area contributed by atoms with E-state index >= 15 is 0 Å². The molecular formula is C18H17N3OS. The van der Waals surface area contributed by atoms with Gasteiger partial charge in [-0.3, -0.25) is 0 Å². The molecule has 0 atom stereocenters. The van der Waals surface area contributed by atoms with E-state index in [0.29, 0.717) is 0 Å². The number of methoxy groups -OCH3 is 1. The summed E-state index contributed by atoms with van der Waals surface area (Å²) >= 11 is 1.70. The summed E-state index contributed by atoms with van der Waals surface area (Å²) < 4.78 is 5.50. The number of rotatable bonds is 3. The molecule has 1 aliphatic rings. The van der Waals surface area contributed by atoms with Gasteiger partial charge in [-0.25, -0.2) is 4.99 Å². The quantitative estimate of drug-likeness (QED) is 0.730. The van der Waals surface area contributed by atoms with E-state index in [9.17, 15) is 0 Å². The van der Waals surface area contributed by atoms with Gasteiger partial charge in [-0.15, -0.1) is 11.3 Å². The van der Waals surface area contributed by atoms with Crippen LogP contribution in [-0.4, -0.2) is 22.8 Å². The van der Waals surface area contributed by atoms with Gasteiger partial charge in [0.15, 0.2) is 0 Å². The normalized spacial score (nSPS) is 16.2.